The first-order chi connectivity index (χ1) is 7.81. The Morgan fingerprint density at radius 1 is 1.44 bits per heavy atom. The predicted molar refractivity (Wildman–Crippen MR) is 63.4 cm³/mol. The molecule has 2 atom stereocenters. The number of nitrogens with zero attached hydrogens (tertiary/aromatic N) is 2. The molecule has 1 aliphatic rings. The van der Waals surface area contributed by atoms with Gasteiger partial charge < -0.3 is 15.0 Å². The Kier molecular flexibility index (Phi) is 3.83. The Balaban J connectivity index is 2.01. The lowest BCUT2D eigenvalue weighted by atomic mass is 10.1. The molecule has 16 heavy (non-hydrogen) atoms. The first-order valence-corrected chi connectivity index (χ1v) is 6.24. The molecule has 0 amide bonds. The second-order valence-corrected chi connectivity index (χ2v) is 4.45. The summed E-state index contributed by atoms with van der Waals surface area (Å²) in [5.41, 5.74) is 6.13. The number of hydrogen-bond acceptors (Lipinski definition) is 3. The van der Waals surface area contributed by atoms with Gasteiger partial charge in [-0.1, -0.05) is 12.8 Å². The molecule has 2 unspecified atom stereocenters. The van der Waals surface area contributed by atoms with Gasteiger partial charge in [-0.05, 0) is 26.2 Å². The molecule has 0 saturated heterocycles. The normalized spacial score (nSPS) is 26.4. The van der Waals surface area contributed by atoms with E-state index in [2.05, 4.69) is 11.9 Å². The van der Waals surface area contributed by atoms with Crippen LogP contribution in [-0.4, -0.2) is 21.7 Å². The summed E-state index contributed by atoms with van der Waals surface area (Å²) < 4.78 is 7.95. The summed E-state index contributed by atoms with van der Waals surface area (Å²) in [6.07, 6.45) is 9.69. The number of ether oxygens (including phenoxy) is 1. The molecule has 1 aromatic heterocycles. The van der Waals surface area contributed by atoms with Gasteiger partial charge in [-0.25, -0.2) is 4.98 Å². The number of rotatable bonds is 3. The van der Waals surface area contributed by atoms with Crippen molar-refractivity contribution < 1.29 is 4.74 Å². The van der Waals surface area contributed by atoms with E-state index in [1.165, 1.54) is 19.3 Å². The lowest BCUT2D eigenvalue weighted by molar-refractivity contribution is 0.143. The van der Waals surface area contributed by atoms with Gasteiger partial charge in [-0.3, -0.25) is 0 Å². The highest BCUT2D eigenvalue weighted by atomic mass is 16.5. The van der Waals surface area contributed by atoms with E-state index in [4.69, 9.17) is 10.5 Å². The van der Waals surface area contributed by atoms with Crippen molar-refractivity contribution in [2.75, 3.05) is 0 Å². The molecule has 0 bridgehead atoms. The van der Waals surface area contributed by atoms with Crippen molar-refractivity contribution in [3.05, 3.63) is 12.4 Å². The molecule has 4 nitrogen and oxygen atoms in total. The van der Waals surface area contributed by atoms with Crippen molar-refractivity contribution in [2.24, 2.45) is 5.73 Å². The maximum Gasteiger partial charge on any atom is 0.296 e. The van der Waals surface area contributed by atoms with Gasteiger partial charge in [0.05, 0.1) is 0 Å². The molecule has 0 spiro atoms. The van der Waals surface area contributed by atoms with E-state index < -0.39 is 0 Å². The van der Waals surface area contributed by atoms with Crippen molar-refractivity contribution in [3.8, 4) is 6.01 Å². The number of imidazole rings is 1. The van der Waals surface area contributed by atoms with Crippen LogP contribution in [-0.2, 0) is 6.54 Å². The molecular weight excluding hydrogens is 202 g/mol. The third-order valence-electron chi connectivity index (χ3n) is 3.28. The lowest BCUT2D eigenvalue weighted by Crippen LogP contribution is -2.38. The third kappa shape index (κ3) is 2.55. The Labute approximate surface area is 96.8 Å². The van der Waals surface area contributed by atoms with Crippen LogP contribution in [0.4, 0.5) is 0 Å². The molecule has 0 radical (unpaired) electrons. The van der Waals surface area contributed by atoms with E-state index in [0.29, 0.717) is 6.01 Å². The molecule has 1 heterocycles. The monoisotopic (exact) mass is 223 g/mol. The van der Waals surface area contributed by atoms with Crippen LogP contribution in [0, 0.1) is 0 Å². The molecule has 0 aliphatic heterocycles. The molecule has 2 rings (SSSR count). The molecule has 90 valence electrons. The maximum atomic E-state index is 6.13. The van der Waals surface area contributed by atoms with Crippen LogP contribution in [0.3, 0.4) is 0 Å². The average molecular weight is 223 g/mol. The molecule has 1 fully saturated rings. The van der Waals surface area contributed by atoms with Crippen LogP contribution in [0.1, 0.15) is 39.0 Å². The smallest absolute Gasteiger partial charge is 0.296 e. The minimum Gasteiger partial charge on any atom is -0.460 e. The highest BCUT2D eigenvalue weighted by Crippen LogP contribution is 2.21. The zero-order valence-corrected chi connectivity index (χ0v) is 9.93. The van der Waals surface area contributed by atoms with Crippen LogP contribution < -0.4 is 10.5 Å². The fraction of sp³-hybridized carbons (Fsp3) is 0.750. The van der Waals surface area contributed by atoms with Gasteiger partial charge in [0.2, 0.25) is 0 Å². The summed E-state index contributed by atoms with van der Waals surface area (Å²) in [7, 11) is 0. The van der Waals surface area contributed by atoms with E-state index in [1.54, 1.807) is 6.20 Å². The molecule has 2 N–H and O–H groups in total. The summed E-state index contributed by atoms with van der Waals surface area (Å²) in [5.74, 6) is 0. The third-order valence-corrected chi connectivity index (χ3v) is 3.28. The summed E-state index contributed by atoms with van der Waals surface area (Å²) in [4.78, 5) is 4.23. The van der Waals surface area contributed by atoms with Crippen LogP contribution in [0.5, 0.6) is 6.01 Å². The minimum absolute atomic E-state index is 0.134. The number of hydrogen-bond donors (Lipinski definition) is 1. The van der Waals surface area contributed by atoms with Crippen molar-refractivity contribution in [2.45, 2.75) is 57.7 Å². The quantitative estimate of drug-likeness (QED) is 0.797. The Morgan fingerprint density at radius 2 is 2.25 bits per heavy atom. The van der Waals surface area contributed by atoms with Crippen molar-refractivity contribution in [3.63, 3.8) is 0 Å². The summed E-state index contributed by atoms with van der Waals surface area (Å²) in [6, 6.07) is 0.870. The topological polar surface area (TPSA) is 53.1 Å². The number of aromatic nitrogens is 2. The number of aryl methyl sites for hydroxylation is 1. The molecule has 1 aliphatic carbocycles. The van der Waals surface area contributed by atoms with Gasteiger partial charge in [0.1, 0.15) is 6.10 Å². The van der Waals surface area contributed by atoms with Crippen molar-refractivity contribution in [1.82, 2.24) is 9.55 Å². The highest BCUT2D eigenvalue weighted by molar-refractivity contribution is 5.00. The summed E-state index contributed by atoms with van der Waals surface area (Å²) >= 11 is 0. The minimum atomic E-state index is 0.134. The summed E-state index contributed by atoms with van der Waals surface area (Å²) in [5, 5.41) is 0. The predicted octanol–water partition coefficient (Wildman–Crippen LogP) is 1.94. The highest BCUT2D eigenvalue weighted by Gasteiger charge is 2.23. The fourth-order valence-electron chi connectivity index (χ4n) is 2.24. The first-order valence-electron chi connectivity index (χ1n) is 6.24. The van der Waals surface area contributed by atoms with Gasteiger partial charge in [0.25, 0.3) is 6.01 Å². The van der Waals surface area contributed by atoms with E-state index >= 15 is 0 Å². The molecule has 0 aromatic carbocycles. The Hall–Kier alpha value is -1.03. The zero-order valence-electron chi connectivity index (χ0n) is 9.93. The van der Waals surface area contributed by atoms with Crippen LogP contribution in [0.2, 0.25) is 0 Å². The van der Waals surface area contributed by atoms with E-state index in [9.17, 15) is 0 Å². The van der Waals surface area contributed by atoms with Crippen molar-refractivity contribution in [1.29, 1.82) is 0 Å². The van der Waals surface area contributed by atoms with Crippen LogP contribution in [0.25, 0.3) is 0 Å². The van der Waals surface area contributed by atoms with Crippen molar-refractivity contribution >= 4 is 0 Å². The van der Waals surface area contributed by atoms with Crippen LogP contribution in [0.15, 0.2) is 12.4 Å². The average Bonchev–Trinajstić information content (AvgIpc) is 2.64. The standard InChI is InChI=1S/C12H21N3O/c1-2-15-9-8-14-12(15)16-11-7-5-3-4-6-10(11)13/h8-11H,2-7,13H2,1H3. The molecule has 1 aromatic rings. The van der Waals surface area contributed by atoms with Gasteiger partial charge in [-0.2, -0.15) is 0 Å². The van der Waals surface area contributed by atoms with Gasteiger partial charge in [0.15, 0.2) is 0 Å². The van der Waals surface area contributed by atoms with E-state index in [0.717, 1.165) is 19.4 Å². The van der Waals surface area contributed by atoms with Gasteiger partial charge in [0, 0.05) is 25.0 Å². The second kappa shape index (κ2) is 5.34. The molecular formula is C12H21N3O. The first kappa shape index (κ1) is 11.5. The molecule has 1 saturated carbocycles. The molecule has 4 heteroatoms. The summed E-state index contributed by atoms with van der Waals surface area (Å²) in [6.45, 7) is 2.97. The van der Waals surface area contributed by atoms with Gasteiger partial charge >= 0.3 is 0 Å². The van der Waals surface area contributed by atoms with E-state index in [1.807, 2.05) is 10.8 Å². The number of nitrogens with two attached hydrogens (primary N) is 1. The van der Waals surface area contributed by atoms with Crippen LogP contribution >= 0.6 is 0 Å². The largest absolute Gasteiger partial charge is 0.460 e. The maximum absolute atomic E-state index is 6.13. The van der Waals surface area contributed by atoms with Gasteiger partial charge in [-0.15, -0.1) is 0 Å². The Morgan fingerprint density at radius 3 is 3.06 bits per heavy atom. The fourth-order valence-corrected chi connectivity index (χ4v) is 2.24. The Bertz CT molecular complexity index is 324. The second-order valence-electron chi connectivity index (χ2n) is 4.45. The SMILES string of the molecule is CCn1ccnc1OC1CCCCCC1N. The lowest BCUT2D eigenvalue weighted by Gasteiger charge is -2.22. The van der Waals surface area contributed by atoms with E-state index in [-0.39, 0.29) is 12.1 Å². The zero-order chi connectivity index (χ0) is 11.4.